The molecule has 2 rings (SSSR count). The first-order valence-corrected chi connectivity index (χ1v) is 4.72. The van der Waals surface area contributed by atoms with Crippen molar-refractivity contribution in [2.45, 2.75) is 25.3 Å². The van der Waals surface area contributed by atoms with Gasteiger partial charge in [-0.1, -0.05) is 12.1 Å². The van der Waals surface area contributed by atoms with Crippen molar-refractivity contribution in [3.05, 3.63) is 29.3 Å². The van der Waals surface area contributed by atoms with E-state index in [1.54, 1.807) is 7.11 Å². The summed E-state index contributed by atoms with van der Waals surface area (Å²) in [5, 5.41) is 0. The molecule has 1 aliphatic rings. The molecule has 2 N–H and O–H groups in total. The van der Waals surface area contributed by atoms with Crippen LogP contribution < -0.4 is 10.5 Å². The highest BCUT2D eigenvalue weighted by Gasteiger charge is 2.26. The molecule has 0 aromatic heterocycles. The molecule has 1 aliphatic carbocycles. The molecule has 0 aliphatic heterocycles. The Morgan fingerprint density at radius 3 is 2.77 bits per heavy atom. The predicted molar refractivity (Wildman–Crippen MR) is 52.9 cm³/mol. The van der Waals surface area contributed by atoms with E-state index >= 15 is 0 Å². The molecule has 1 aromatic rings. The zero-order valence-electron chi connectivity index (χ0n) is 7.92. The van der Waals surface area contributed by atoms with Gasteiger partial charge in [0.15, 0.2) is 0 Å². The monoisotopic (exact) mass is 177 g/mol. The van der Waals surface area contributed by atoms with Crippen molar-refractivity contribution >= 4 is 0 Å². The Morgan fingerprint density at radius 2 is 2.23 bits per heavy atom. The quantitative estimate of drug-likeness (QED) is 0.766. The fraction of sp³-hybridized carbons (Fsp3) is 0.455. The van der Waals surface area contributed by atoms with E-state index in [9.17, 15) is 0 Å². The number of methoxy groups -OCH3 is 1. The SMILES string of the molecule is COc1cc(CN)ccc1C1CC1. The Balaban J connectivity index is 2.33. The molecular weight excluding hydrogens is 162 g/mol. The highest BCUT2D eigenvalue weighted by Crippen LogP contribution is 2.44. The van der Waals surface area contributed by atoms with Gasteiger partial charge in [0.25, 0.3) is 0 Å². The van der Waals surface area contributed by atoms with Crippen LogP contribution in [0, 0.1) is 0 Å². The lowest BCUT2D eigenvalue weighted by Crippen LogP contribution is -1.98. The highest BCUT2D eigenvalue weighted by atomic mass is 16.5. The summed E-state index contributed by atoms with van der Waals surface area (Å²) in [6.07, 6.45) is 2.61. The molecule has 0 bridgehead atoms. The summed E-state index contributed by atoms with van der Waals surface area (Å²) in [6, 6.07) is 6.29. The lowest BCUT2D eigenvalue weighted by molar-refractivity contribution is 0.409. The van der Waals surface area contributed by atoms with Gasteiger partial charge in [0.05, 0.1) is 7.11 Å². The largest absolute Gasteiger partial charge is 0.496 e. The second-order valence-corrected chi connectivity index (χ2v) is 3.55. The lowest BCUT2D eigenvalue weighted by atomic mass is 10.1. The van der Waals surface area contributed by atoms with Crippen LogP contribution in [-0.4, -0.2) is 7.11 Å². The van der Waals surface area contributed by atoms with Gasteiger partial charge in [-0.25, -0.2) is 0 Å². The molecule has 0 spiro atoms. The molecule has 0 heterocycles. The number of benzene rings is 1. The molecule has 2 heteroatoms. The number of nitrogens with two attached hydrogens (primary N) is 1. The van der Waals surface area contributed by atoms with E-state index in [1.807, 2.05) is 6.07 Å². The molecule has 0 atom stereocenters. The number of hydrogen-bond donors (Lipinski definition) is 1. The molecule has 1 saturated carbocycles. The van der Waals surface area contributed by atoms with Crippen LogP contribution >= 0.6 is 0 Å². The maximum Gasteiger partial charge on any atom is 0.122 e. The third-order valence-corrected chi connectivity index (χ3v) is 2.55. The summed E-state index contributed by atoms with van der Waals surface area (Å²) in [6.45, 7) is 0.585. The molecule has 0 amide bonds. The minimum Gasteiger partial charge on any atom is -0.496 e. The molecule has 2 nitrogen and oxygen atoms in total. The Hall–Kier alpha value is -1.02. The molecule has 1 fully saturated rings. The van der Waals surface area contributed by atoms with E-state index in [2.05, 4.69) is 12.1 Å². The average molecular weight is 177 g/mol. The Labute approximate surface area is 78.7 Å². The van der Waals surface area contributed by atoms with Gasteiger partial charge in [-0.3, -0.25) is 0 Å². The van der Waals surface area contributed by atoms with Crippen molar-refractivity contribution in [1.29, 1.82) is 0 Å². The van der Waals surface area contributed by atoms with Gasteiger partial charge in [-0.2, -0.15) is 0 Å². The number of ether oxygens (including phenoxy) is 1. The lowest BCUT2D eigenvalue weighted by Gasteiger charge is -2.08. The average Bonchev–Trinajstić information content (AvgIpc) is 3.00. The highest BCUT2D eigenvalue weighted by molar-refractivity contribution is 5.41. The molecular formula is C11H15NO. The maximum atomic E-state index is 5.56. The molecule has 0 saturated heterocycles. The summed E-state index contributed by atoms with van der Waals surface area (Å²) in [5.74, 6) is 1.74. The standard InChI is InChI=1S/C11H15NO/c1-13-11-6-8(7-12)2-5-10(11)9-3-4-9/h2,5-6,9H,3-4,7,12H2,1H3. The molecule has 0 unspecified atom stereocenters. The van der Waals surface area contributed by atoms with Crippen LogP contribution in [0.1, 0.15) is 29.9 Å². The summed E-state index contributed by atoms with van der Waals surface area (Å²) < 4.78 is 5.33. The normalized spacial score (nSPS) is 15.8. The van der Waals surface area contributed by atoms with Crippen molar-refractivity contribution in [3.63, 3.8) is 0 Å². The van der Waals surface area contributed by atoms with Crippen LogP contribution in [0.25, 0.3) is 0 Å². The fourth-order valence-electron chi connectivity index (χ4n) is 1.61. The van der Waals surface area contributed by atoms with Gasteiger partial charge in [0.2, 0.25) is 0 Å². The van der Waals surface area contributed by atoms with Gasteiger partial charge in [0, 0.05) is 6.54 Å². The smallest absolute Gasteiger partial charge is 0.122 e. The zero-order chi connectivity index (χ0) is 9.26. The van der Waals surface area contributed by atoms with E-state index in [-0.39, 0.29) is 0 Å². The van der Waals surface area contributed by atoms with Crippen molar-refractivity contribution < 1.29 is 4.74 Å². The Morgan fingerprint density at radius 1 is 1.46 bits per heavy atom. The van der Waals surface area contributed by atoms with Crippen LogP contribution in [0.15, 0.2) is 18.2 Å². The second-order valence-electron chi connectivity index (χ2n) is 3.55. The van der Waals surface area contributed by atoms with Gasteiger partial charge >= 0.3 is 0 Å². The van der Waals surface area contributed by atoms with Gasteiger partial charge < -0.3 is 10.5 Å². The first-order chi connectivity index (χ1) is 6.35. The van der Waals surface area contributed by atoms with Gasteiger partial charge in [0.1, 0.15) is 5.75 Å². The van der Waals surface area contributed by atoms with Gasteiger partial charge in [-0.15, -0.1) is 0 Å². The Bertz CT molecular complexity index is 305. The number of hydrogen-bond acceptors (Lipinski definition) is 2. The fourth-order valence-corrected chi connectivity index (χ4v) is 1.61. The van der Waals surface area contributed by atoms with E-state index in [1.165, 1.54) is 18.4 Å². The van der Waals surface area contributed by atoms with E-state index in [4.69, 9.17) is 10.5 Å². The minimum absolute atomic E-state index is 0.585. The summed E-state index contributed by atoms with van der Waals surface area (Å²) in [4.78, 5) is 0. The first-order valence-electron chi connectivity index (χ1n) is 4.72. The van der Waals surface area contributed by atoms with Crippen molar-refractivity contribution in [2.75, 3.05) is 7.11 Å². The van der Waals surface area contributed by atoms with Crippen molar-refractivity contribution in [2.24, 2.45) is 5.73 Å². The molecule has 70 valence electrons. The molecule has 13 heavy (non-hydrogen) atoms. The van der Waals surface area contributed by atoms with Gasteiger partial charge in [-0.05, 0) is 36.0 Å². The van der Waals surface area contributed by atoms with E-state index in [0.717, 1.165) is 17.2 Å². The first kappa shape index (κ1) is 8.57. The van der Waals surface area contributed by atoms with Crippen LogP contribution in [0.5, 0.6) is 5.75 Å². The summed E-state index contributed by atoms with van der Waals surface area (Å²) in [5.41, 5.74) is 8.05. The second kappa shape index (κ2) is 3.38. The Kier molecular flexibility index (Phi) is 2.23. The third-order valence-electron chi connectivity index (χ3n) is 2.55. The van der Waals surface area contributed by atoms with Crippen LogP contribution in [0.4, 0.5) is 0 Å². The minimum atomic E-state index is 0.585. The van der Waals surface area contributed by atoms with Crippen LogP contribution in [0.2, 0.25) is 0 Å². The summed E-state index contributed by atoms with van der Waals surface area (Å²) >= 11 is 0. The third kappa shape index (κ3) is 1.68. The maximum absolute atomic E-state index is 5.56. The van der Waals surface area contributed by atoms with Crippen molar-refractivity contribution in [3.8, 4) is 5.75 Å². The molecule has 0 radical (unpaired) electrons. The predicted octanol–water partition coefficient (Wildman–Crippen LogP) is 2.03. The number of rotatable bonds is 3. The zero-order valence-corrected chi connectivity index (χ0v) is 7.92. The summed E-state index contributed by atoms with van der Waals surface area (Å²) in [7, 11) is 1.72. The molecule has 1 aromatic carbocycles. The van der Waals surface area contributed by atoms with E-state index in [0.29, 0.717) is 6.54 Å². The van der Waals surface area contributed by atoms with Crippen LogP contribution in [-0.2, 0) is 6.54 Å². The van der Waals surface area contributed by atoms with Crippen LogP contribution in [0.3, 0.4) is 0 Å². The topological polar surface area (TPSA) is 35.2 Å². The van der Waals surface area contributed by atoms with E-state index < -0.39 is 0 Å². The van der Waals surface area contributed by atoms with Crippen molar-refractivity contribution in [1.82, 2.24) is 0 Å².